The highest BCUT2D eigenvalue weighted by atomic mass is 15.1. The molecule has 0 aliphatic heterocycles. The molecule has 0 amide bonds. The molecule has 0 atom stereocenters. The summed E-state index contributed by atoms with van der Waals surface area (Å²) in [6, 6.07) is 0. The Bertz CT molecular complexity index is 147. The van der Waals surface area contributed by atoms with E-state index in [9.17, 15) is 0 Å². The Morgan fingerprint density at radius 3 is 1.23 bits per heavy atom. The monoisotopic (exact) mass is 186 g/mol. The van der Waals surface area contributed by atoms with E-state index in [1.165, 1.54) is 19.3 Å². The van der Waals surface area contributed by atoms with Crippen LogP contribution in [0.3, 0.4) is 0 Å². The van der Waals surface area contributed by atoms with Crippen LogP contribution in [0.1, 0.15) is 44.9 Å². The topological polar surface area (TPSA) is 104 Å². The lowest BCUT2D eigenvalue weighted by atomic mass is 9.88. The summed E-state index contributed by atoms with van der Waals surface area (Å²) >= 11 is 0. The molecule has 0 heterocycles. The molecule has 0 saturated heterocycles. The summed E-state index contributed by atoms with van der Waals surface area (Å²) < 4.78 is 0. The maximum atomic E-state index is 5.92. The summed E-state index contributed by atoms with van der Waals surface area (Å²) in [5, 5.41) is 0. The summed E-state index contributed by atoms with van der Waals surface area (Å²) in [6.07, 6.45) is 7.12. The first kappa shape index (κ1) is 10.9. The summed E-state index contributed by atoms with van der Waals surface area (Å²) in [6.45, 7) is 0. The van der Waals surface area contributed by atoms with E-state index in [1.54, 1.807) is 0 Å². The maximum Gasteiger partial charge on any atom is 0.0955 e. The van der Waals surface area contributed by atoms with Crippen LogP contribution >= 0.6 is 0 Å². The minimum atomic E-state index is -0.905. The predicted molar refractivity (Wildman–Crippen MR) is 54.5 cm³/mol. The molecular weight excluding hydrogens is 164 g/mol. The van der Waals surface area contributed by atoms with Gasteiger partial charge in [-0.2, -0.15) is 0 Å². The average Bonchev–Trinajstić information content (AvgIpc) is 2.05. The molecule has 8 N–H and O–H groups in total. The fourth-order valence-electron chi connectivity index (χ4n) is 1.83. The van der Waals surface area contributed by atoms with Crippen molar-refractivity contribution in [3.63, 3.8) is 0 Å². The minimum Gasteiger partial charge on any atom is -0.311 e. The van der Waals surface area contributed by atoms with Crippen molar-refractivity contribution in [2.24, 2.45) is 22.9 Å². The number of rotatable bonds is 0. The van der Waals surface area contributed by atoms with Crippen LogP contribution < -0.4 is 22.9 Å². The highest BCUT2D eigenvalue weighted by Crippen LogP contribution is 2.23. The van der Waals surface area contributed by atoms with E-state index in [-0.39, 0.29) is 0 Å². The largest absolute Gasteiger partial charge is 0.311 e. The van der Waals surface area contributed by atoms with E-state index in [0.29, 0.717) is 0 Å². The summed E-state index contributed by atoms with van der Waals surface area (Å²) in [7, 11) is 0. The zero-order valence-corrected chi connectivity index (χ0v) is 8.26. The standard InChI is InChI=1S/C9H22N4/c10-8(11)6-4-2-1-3-5-7-9(8,12)13/h1-7,10-13H2. The molecule has 4 nitrogen and oxygen atoms in total. The predicted octanol–water partition coefficient (Wildman–Crippen LogP) is -0.0419. The molecule has 0 aromatic carbocycles. The van der Waals surface area contributed by atoms with Gasteiger partial charge in [-0.1, -0.05) is 32.1 Å². The zero-order valence-electron chi connectivity index (χ0n) is 8.26. The van der Waals surface area contributed by atoms with Crippen molar-refractivity contribution in [1.29, 1.82) is 0 Å². The highest BCUT2D eigenvalue weighted by molar-refractivity contribution is 4.99. The number of nitrogens with two attached hydrogens (primary N) is 4. The van der Waals surface area contributed by atoms with Crippen LogP contribution in [-0.2, 0) is 0 Å². The van der Waals surface area contributed by atoms with Gasteiger partial charge in [0.05, 0.1) is 11.3 Å². The Morgan fingerprint density at radius 2 is 0.846 bits per heavy atom. The molecule has 78 valence electrons. The lowest BCUT2D eigenvalue weighted by Crippen LogP contribution is -2.75. The fourth-order valence-corrected chi connectivity index (χ4v) is 1.83. The third-order valence-electron chi connectivity index (χ3n) is 3.05. The summed E-state index contributed by atoms with van der Waals surface area (Å²) in [4.78, 5) is 0. The molecule has 0 bridgehead atoms. The van der Waals surface area contributed by atoms with Gasteiger partial charge in [0.15, 0.2) is 0 Å². The van der Waals surface area contributed by atoms with Gasteiger partial charge < -0.3 is 22.9 Å². The Balaban J connectivity index is 2.66. The first-order valence-corrected chi connectivity index (χ1v) is 5.11. The summed E-state index contributed by atoms with van der Waals surface area (Å²) in [5.74, 6) is 0. The van der Waals surface area contributed by atoms with E-state index >= 15 is 0 Å². The SMILES string of the molecule is NC1(N)CCCCCCCC1(N)N. The second-order valence-corrected chi connectivity index (χ2v) is 4.35. The maximum absolute atomic E-state index is 5.92. The molecule has 1 rings (SSSR count). The van der Waals surface area contributed by atoms with E-state index in [2.05, 4.69) is 0 Å². The van der Waals surface area contributed by atoms with Crippen molar-refractivity contribution in [2.75, 3.05) is 0 Å². The van der Waals surface area contributed by atoms with E-state index in [1.807, 2.05) is 0 Å². The molecule has 0 aromatic rings. The van der Waals surface area contributed by atoms with Crippen molar-refractivity contribution >= 4 is 0 Å². The van der Waals surface area contributed by atoms with Crippen LogP contribution in [0.2, 0.25) is 0 Å². The van der Waals surface area contributed by atoms with Crippen LogP contribution in [0.4, 0.5) is 0 Å². The second kappa shape index (κ2) is 3.92. The molecule has 0 unspecified atom stereocenters. The lowest BCUT2D eigenvalue weighted by molar-refractivity contribution is 0.199. The van der Waals surface area contributed by atoms with Gasteiger partial charge in [-0.05, 0) is 12.8 Å². The molecular formula is C9H22N4. The first-order chi connectivity index (χ1) is 5.96. The first-order valence-electron chi connectivity index (χ1n) is 5.11. The molecule has 4 heteroatoms. The molecule has 13 heavy (non-hydrogen) atoms. The molecule has 1 saturated carbocycles. The summed E-state index contributed by atoms with van der Waals surface area (Å²) in [5.41, 5.74) is 21.9. The van der Waals surface area contributed by atoms with Crippen LogP contribution in [0.5, 0.6) is 0 Å². The number of hydrogen-bond acceptors (Lipinski definition) is 4. The van der Waals surface area contributed by atoms with Crippen LogP contribution in [0.15, 0.2) is 0 Å². The molecule has 0 spiro atoms. The van der Waals surface area contributed by atoms with Gasteiger partial charge in [0.2, 0.25) is 0 Å². The molecule has 0 aromatic heterocycles. The Morgan fingerprint density at radius 1 is 0.538 bits per heavy atom. The van der Waals surface area contributed by atoms with Gasteiger partial charge in [-0.25, -0.2) is 0 Å². The van der Waals surface area contributed by atoms with Gasteiger partial charge in [-0.15, -0.1) is 0 Å². The Hall–Kier alpha value is -0.160. The third-order valence-corrected chi connectivity index (χ3v) is 3.05. The lowest BCUT2D eigenvalue weighted by Gasteiger charge is -2.40. The van der Waals surface area contributed by atoms with E-state index < -0.39 is 11.3 Å². The molecule has 1 aliphatic carbocycles. The second-order valence-electron chi connectivity index (χ2n) is 4.35. The minimum absolute atomic E-state index is 0.722. The van der Waals surface area contributed by atoms with Crippen molar-refractivity contribution in [3.05, 3.63) is 0 Å². The van der Waals surface area contributed by atoms with Crippen molar-refractivity contribution < 1.29 is 0 Å². The van der Waals surface area contributed by atoms with Gasteiger partial charge >= 0.3 is 0 Å². The van der Waals surface area contributed by atoms with Gasteiger partial charge in [0.25, 0.3) is 0 Å². The van der Waals surface area contributed by atoms with Crippen molar-refractivity contribution in [1.82, 2.24) is 0 Å². The van der Waals surface area contributed by atoms with Crippen LogP contribution in [0, 0.1) is 0 Å². The quantitative estimate of drug-likeness (QED) is 0.398. The Labute approximate surface area is 80.0 Å². The highest BCUT2D eigenvalue weighted by Gasteiger charge is 2.39. The van der Waals surface area contributed by atoms with Crippen molar-refractivity contribution in [2.45, 2.75) is 56.3 Å². The van der Waals surface area contributed by atoms with Crippen LogP contribution in [0.25, 0.3) is 0 Å². The third kappa shape index (κ3) is 2.64. The molecule has 0 radical (unpaired) electrons. The average molecular weight is 186 g/mol. The Kier molecular flexibility index (Phi) is 3.29. The zero-order chi connectivity index (χ0) is 9.95. The van der Waals surface area contributed by atoms with Gasteiger partial charge in [0.1, 0.15) is 0 Å². The van der Waals surface area contributed by atoms with Crippen molar-refractivity contribution in [3.8, 4) is 0 Å². The van der Waals surface area contributed by atoms with E-state index in [0.717, 1.165) is 25.7 Å². The van der Waals surface area contributed by atoms with Gasteiger partial charge in [-0.3, -0.25) is 0 Å². The fraction of sp³-hybridized carbons (Fsp3) is 1.00. The molecule has 1 fully saturated rings. The van der Waals surface area contributed by atoms with Gasteiger partial charge in [0, 0.05) is 0 Å². The smallest absolute Gasteiger partial charge is 0.0955 e. The number of hydrogen-bond donors (Lipinski definition) is 4. The molecule has 1 aliphatic rings. The normalized spacial score (nSPS) is 28.6. The van der Waals surface area contributed by atoms with E-state index in [4.69, 9.17) is 22.9 Å². The van der Waals surface area contributed by atoms with Crippen LogP contribution in [-0.4, -0.2) is 11.3 Å².